The Kier molecular flexibility index (Phi) is 7.47. The summed E-state index contributed by atoms with van der Waals surface area (Å²) in [4.78, 5) is 25.3. The zero-order valence-electron chi connectivity index (χ0n) is 20.2. The van der Waals surface area contributed by atoms with E-state index in [1.165, 1.54) is 4.31 Å². The van der Waals surface area contributed by atoms with Crippen LogP contribution in [0.1, 0.15) is 45.1 Å². The number of anilines is 1. The highest BCUT2D eigenvalue weighted by atomic mass is 32.2. The Balaban J connectivity index is 1.32. The van der Waals surface area contributed by atoms with Gasteiger partial charge < -0.3 is 14.8 Å². The van der Waals surface area contributed by atoms with Crippen molar-refractivity contribution >= 4 is 27.6 Å². The van der Waals surface area contributed by atoms with E-state index in [-0.39, 0.29) is 35.8 Å². The molecule has 8 nitrogen and oxygen atoms in total. The summed E-state index contributed by atoms with van der Waals surface area (Å²) < 4.78 is 38.0. The Morgan fingerprint density at radius 1 is 0.971 bits per heavy atom. The molecule has 2 aromatic carbocycles. The topological polar surface area (TPSA) is 102 Å². The Bertz CT molecular complexity index is 1150. The molecule has 1 aliphatic heterocycles. The highest BCUT2D eigenvalue weighted by Gasteiger charge is 2.52. The molecule has 0 aromatic heterocycles. The number of hydrogen-bond donors (Lipinski definition) is 1. The van der Waals surface area contributed by atoms with E-state index in [1.807, 2.05) is 19.1 Å². The summed E-state index contributed by atoms with van der Waals surface area (Å²) >= 11 is 0. The predicted molar refractivity (Wildman–Crippen MR) is 132 cm³/mol. The van der Waals surface area contributed by atoms with E-state index in [1.54, 1.807) is 43.3 Å². The standard InChI is InChI=1S/C26H32N2O6S/c1-3-33-22-9-11-23(12-10-22)35(31,32)28-17-13-19(14-18-28)24(29)27-21-7-5-20(6-8-21)26(15-16-26)25(30)34-4-2/h5-12,19H,3-4,13-18H2,1-2H3,(H,27,29). The third-order valence-electron chi connectivity index (χ3n) is 6.72. The van der Waals surface area contributed by atoms with Crippen LogP contribution in [0.5, 0.6) is 5.75 Å². The van der Waals surface area contributed by atoms with E-state index < -0.39 is 15.4 Å². The van der Waals surface area contributed by atoms with Crippen LogP contribution in [0.25, 0.3) is 0 Å². The fraction of sp³-hybridized carbons (Fsp3) is 0.462. The van der Waals surface area contributed by atoms with Crippen LogP contribution in [0, 0.1) is 5.92 Å². The minimum Gasteiger partial charge on any atom is -0.494 e. The third-order valence-corrected chi connectivity index (χ3v) is 8.63. The Hall–Kier alpha value is -2.91. The number of benzene rings is 2. The van der Waals surface area contributed by atoms with Crippen molar-refractivity contribution in [1.29, 1.82) is 0 Å². The van der Waals surface area contributed by atoms with Gasteiger partial charge in [-0.3, -0.25) is 9.59 Å². The van der Waals surface area contributed by atoms with E-state index in [0.717, 1.165) is 18.4 Å². The molecule has 0 atom stereocenters. The fourth-order valence-electron chi connectivity index (χ4n) is 4.50. The number of esters is 1. The molecule has 2 aromatic rings. The van der Waals surface area contributed by atoms with Crippen molar-refractivity contribution in [3.63, 3.8) is 0 Å². The van der Waals surface area contributed by atoms with Gasteiger partial charge in [-0.1, -0.05) is 12.1 Å². The Labute approximate surface area is 206 Å². The lowest BCUT2D eigenvalue weighted by molar-refractivity contribution is -0.146. The smallest absolute Gasteiger partial charge is 0.316 e. The number of nitrogens with zero attached hydrogens (tertiary/aromatic N) is 1. The van der Waals surface area contributed by atoms with Gasteiger partial charge >= 0.3 is 5.97 Å². The van der Waals surface area contributed by atoms with Crippen LogP contribution >= 0.6 is 0 Å². The number of ether oxygens (including phenoxy) is 2. The van der Waals surface area contributed by atoms with E-state index in [0.29, 0.717) is 37.5 Å². The van der Waals surface area contributed by atoms with Crippen LogP contribution in [0.15, 0.2) is 53.4 Å². The van der Waals surface area contributed by atoms with E-state index >= 15 is 0 Å². The average Bonchev–Trinajstić information content (AvgIpc) is 3.68. The molecule has 0 bridgehead atoms. The van der Waals surface area contributed by atoms with Gasteiger partial charge in [0.05, 0.1) is 23.5 Å². The molecular weight excluding hydrogens is 468 g/mol. The van der Waals surface area contributed by atoms with Gasteiger partial charge in [-0.25, -0.2) is 8.42 Å². The lowest BCUT2D eigenvalue weighted by atomic mass is 9.95. The number of hydrogen-bond acceptors (Lipinski definition) is 6. The van der Waals surface area contributed by atoms with Crippen LogP contribution in [0.4, 0.5) is 5.69 Å². The maximum atomic E-state index is 13.0. The van der Waals surface area contributed by atoms with Crippen molar-refractivity contribution in [1.82, 2.24) is 4.31 Å². The van der Waals surface area contributed by atoms with Gasteiger partial charge in [-0.2, -0.15) is 4.31 Å². The average molecular weight is 501 g/mol. The van der Waals surface area contributed by atoms with Crippen molar-refractivity contribution in [3.05, 3.63) is 54.1 Å². The molecule has 1 saturated carbocycles. The second-order valence-corrected chi connectivity index (χ2v) is 10.9. The maximum Gasteiger partial charge on any atom is 0.316 e. The molecule has 1 amide bonds. The molecule has 2 aliphatic rings. The predicted octanol–water partition coefficient (Wildman–Crippen LogP) is 3.72. The van der Waals surface area contributed by atoms with E-state index in [4.69, 9.17) is 9.47 Å². The van der Waals surface area contributed by atoms with Gasteiger partial charge in [0.15, 0.2) is 0 Å². The van der Waals surface area contributed by atoms with Crippen molar-refractivity contribution in [2.75, 3.05) is 31.6 Å². The van der Waals surface area contributed by atoms with Crippen molar-refractivity contribution in [2.45, 2.75) is 49.8 Å². The van der Waals surface area contributed by atoms with Gasteiger partial charge in [0.25, 0.3) is 0 Å². The molecule has 1 heterocycles. The number of piperidine rings is 1. The summed E-state index contributed by atoms with van der Waals surface area (Å²) in [6.07, 6.45) is 2.45. The molecule has 1 saturated heterocycles. The highest BCUT2D eigenvalue weighted by Crippen LogP contribution is 2.49. The number of amides is 1. The van der Waals surface area contributed by atoms with Gasteiger partial charge in [-0.05, 0) is 81.5 Å². The Morgan fingerprint density at radius 2 is 1.60 bits per heavy atom. The number of carbonyl (C=O) groups is 2. The molecule has 0 unspecified atom stereocenters. The Morgan fingerprint density at radius 3 is 2.14 bits per heavy atom. The molecule has 188 valence electrons. The number of sulfonamides is 1. The van der Waals surface area contributed by atoms with Gasteiger partial charge in [0.1, 0.15) is 5.75 Å². The molecule has 4 rings (SSSR count). The van der Waals surface area contributed by atoms with Crippen molar-refractivity contribution in [3.8, 4) is 5.75 Å². The van der Waals surface area contributed by atoms with Crippen molar-refractivity contribution < 1.29 is 27.5 Å². The quantitative estimate of drug-likeness (QED) is 0.527. The largest absolute Gasteiger partial charge is 0.494 e. The molecule has 2 fully saturated rings. The second kappa shape index (κ2) is 10.4. The lowest BCUT2D eigenvalue weighted by Crippen LogP contribution is -2.41. The van der Waals surface area contributed by atoms with Gasteiger partial charge in [0, 0.05) is 24.7 Å². The first-order valence-corrected chi connectivity index (χ1v) is 13.6. The molecule has 0 spiro atoms. The molecule has 0 radical (unpaired) electrons. The third kappa shape index (κ3) is 5.36. The zero-order chi connectivity index (χ0) is 25.1. The van der Waals surface area contributed by atoms with Crippen LogP contribution < -0.4 is 10.1 Å². The second-order valence-electron chi connectivity index (χ2n) is 8.95. The lowest BCUT2D eigenvalue weighted by Gasteiger charge is -2.30. The molecule has 9 heteroatoms. The summed E-state index contributed by atoms with van der Waals surface area (Å²) in [5, 5.41) is 2.93. The summed E-state index contributed by atoms with van der Waals surface area (Å²) in [5.41, 5.74) is 1.02. The summed E-state index contributed by atoms with van der Waals surface area (Å²) in [6.45, 7) is 5.11. The molecule has 35 heavy (non-hydrogen) atoms. The highest BCUT2D eigenvalue weighted by molar-refractivity contribution is 7.89. The SMILES string of the molecule is CCOC(=O)C1(c2ccc(NC(=O)C3CCN(S(=O)(=O)c4ccc(OCC)cc4)CC3)cc2)CC1. The minimum atomic E-state index is -3.62. The number of nitrogens with one attached hydrogen (secondary N) is 1. The summed E-state index contributed by atoms with van der Waals surface area (Å²) in [5.74, 6) is 0.0462. The minimum absolute atomic E-state index is 0.123. The maximum absolute atomic E-state index is 13.0. The van der Waals surface area contributed by atoms with Crippen molar-refractivity contribution in [2.24, 2.45) is 5.92 Å². The zero-order valence-corrected chi connectivity index (χ0v) is 21.0. The summed E-state index contributed by atoms with van der Waals surface area (Å²) in [7, 11) is -3.62. The molecule has 1 N–H and O–H groups in total. The molecule has 1 aliphatic carbocycles. The van der Waals surface area contributed by atoms with Crippen LogP contribution in [0.3, 0.4) is 0 Å². The molecular formula is C26H32N2O6S. The first-order chi connectivity index (χ1) is 16.8. The van der Waals surface area contributed by atoms with Crippen LogP contribution in [-0.4, -0.2) is 50.9 Å². The van der Waals surface area contributed by atoms with E-state index in [9.17, 15) is 18.0 Å². The van der Waals surface area contributed by atoms with Gasteiger partial charge in [0.2, 0.25) is 15.9 Å². The normalized spacial score (nSPS) is 18.0. The monoisotopic (exact) mass is 500 g/mol. The van der Waals surface area contributed by atoms with Crippen LogP contribution in [0.2, 0.25) is 0 Å². The van der Waals surface area contributed by atoms with Crippen LogP contribution in [-0.2, 0) is 29.8 Å². The van der Waals surface area contributed by atoms with Gasteiger partial charge in [-0.15, -0.1) is 0 Å². The fourth-order valence-corrected chi connectivity index (χ4v) is 5.97. The summed E-state index contributed by atoms with van der Waals surface area (Å²) in [6, 6.07) is 13.7. The number of rotatable bonds is 9. The first-order valence-electron chi connectivity index (χ1n) is 12.1. The number of carbonyl (C=O) groups excluding carboxylic acids is 2. The van der Waals surface area contributed by atoms with E-state index in [2.05, 4.69) is 5.32 Å². The first kappa shape index (κ1) is 25.2.